The number of hydrogen-bond donors (Lipinski definition) is 2. The van der Waals surface area contributed by atoms with Crippen molar-refractivity contribution in [3.8, 4) is 0 Å². The summed E-state index contributed by atoms with van der Waals surface area (Å²) in [5, 5.41) is 12.2. The molecule has 100 valence electrons. The van der Waals surface area contributed by atoms with Crippen molar-refractivity contribution in [3.05, 3.63) is 20.8 Å². The molecule has 0 radical (unpaired) electrons. The van der Waals surface area contributed by atoms with Crippen LogP contribution in [0.4, 0.5) is 0 Å². The van der Waals surface area contributed by atoms with Crippen LogP contribution in [0.2, 0.25) is 0 Å². The third-order valence-electron chi connectivity index (χ3n) is 3.47. The molecule has 0 saturated heterocycles. The van der Waals surface area contributed by atoms with Gasteiger partial charge in [-0.1, -0.05) is 0 Å². The Kier molecular flexibility index (Phi) is 4.81. The second-order valence-corrected chi connectivity index (χ2v) is 7.45. The van der Waals surface area contributed by atoms with Gasteiger partial charge in [0.15, 0.2) is 0 Å². The van der Waals surface area contributed by atoms with E-state index in [1.165, 1.54) is 4.88 Å². The number of aliphatic hydroxyl groups excluding tert-OH is 1. The van der Waals surface area contributed by atoms with Crippen molar-refractivity contribution >= 4 is 33.2 Å². The standard InChI is InChI=1S/C13H18BrNO2S/c14-11-6-5-10(18-11)3-1-4-12(17)15-13(9-16)7-2-8-13/h5-6,16H,1-4,7-9H2,(H,15,17). The molecular formula is C13H18BrNO2S. The highest BCUT2D eigenvalue weighted by Crippen LogP contribution is 2.31. The minimum absolute atomic E-state index is 0.0661. The summed E-state index contributed by atoms with van der Waals surface area (Å²) in [5.74, 6) is 0.0689. The van der Waals surface area contributed by atoms with Gasteiger partial charge in [-0.25, -0.2) is 0 Å². The summed E-state index contributed by atoms with van der Waals surface area (Å²) in [6.07, 6.45) is 5.26. The zero-order valence-electron chi connectivity index (χ0n) is 10.2. The van der Waals surface area contributed by atoms with E-state index in [4.69, 9.17) is 0 Å². The van der Waals surface area contributed by atoms with Gasteiger partial charge in [0.05, 0.1) is 15.9 Å². The second-order valence-electron chi connectivity index (χ2n) is 4.90. The van der Waals surface area contributed by atoms with E-state index in [-0.39, 0.29) is 18.1 Å². The molecule has 1 aromatic heterocycles. The number of halogens is 1. The van der Waals surface area contributed by atoms with Gasteiger partial charge in [0, 0.05) is 11.3 Å². The first-order valence-electron chi connectivity index (χ1n) is 6.30. The molecule has 2 rings (SSSR count). The van der Waals surface area contributed by atoms with E-state index in [2.05, 4.69) is 27.3 Å². The highest BCUT2D eigenvalue weighted by atomic mass is 79.9. The van der Waals surface area contributed by atoms with Crippen LogP contribution in [0, 0.1) is 0 Å². The lowest BCUT2D eigenvalue weighted by molar-refractivity contribution is -0.125. The maximum atomic E-state index is 11.8. The molecule has 1 aliphatic carbocycles. The molecule has 3 nitrogen and oxygen atoms in total. The Hall–Kier alpha value is -0.390. The molecule has 0 aromatic carbocycles. The van der Waals surface area contributed by atoms with Gasteiger partial charge in [0.2, 0.25) is 5.91 Å². The number of carbonyl (C=O) groups is 1. The molecule has 5 heteroatoms. The van der Waals surface area contributed by atoms with E-state index in [1.807, 2.05) is 6.07 Å². The van der Waals surface area contributed by atoms with Gasteiger partial charge in [0.1, 0.15) is 0 Å². The molecule has 1 heterocycles. The Morgan fingerprint density at radius 3 is 2.78 bits per heavy atom. The summed E-state index contributed by atoms with van der Waals surface area (Å²) >= 11 is 5.15. The summed E-state index contributed by atoms with van der Waals surface area (Å²) in [7, 11) is 0. The normalized spacial score (nSPS) is 17.2. The fourth-order valence-electron chi connectivity index (χ4n) is 2.19. The molecule has 1 aromatic rings. The van der Waals surface area contributed by atoms with Gasteiger partial charge in [-0.05, 0) is 60.2 Å². The van der Waals surface area contributed by atoms with Crippen LogP contribution in [0.15, 0.2) is 15.9 Å². The number of nitrogens with one attached hydrogen (secondary N) is 1. The minimum Gasteiger partial charge on any atom is -0.394 e. The van der Waals surface area contributed by atoms with Gasteiger partial charge < -0.3 is 10.4 Å². The zero-order valence-corrected chi connectivity index (χ0v) is 12.6. The number of thiophene rings is 1. The highest BCUT2D eigenvalue weighted by Gasteiger charge is 2.37. The molecule has 1 fully saturated rings. The Morgan fingerprint density at radius 2 is 2.28 bits per heavy atom. The highest BCUT2D eigenvalue weighted by molar-refractivity contribution is 9.11. The first kappa shape index (κ1) is 14.0. The van der Waals surface area contributed by atoms with Crippen LogP contribution in [0.5, 0.6) is 0 Å². The van der Waals surface area contributed by atoms with Crippen molar-refractivity contribution in [2.75, 3.05) is 6.61 Å². The Balaban J connectivity index is 1.69. The quantitative estimate of drug-likeness (QED) is 0.842. The second kappa shape index (κ2) is 6.17. The Labute approximate surface area is 120 Å². The van der Waals surface area contributed by atoms with E-state index in [1.54, 1.807) is 11.3 Å². The fraction of sp³-hybridized carbons (Fsp3) is 0.615. The molecule has 1 amide bonds. The smallest absolute Gasteiger partial charge is 0.220 e. The predicted molar refractivity (Wildman–Crippen MR) is 76.8 cm³/mol. The molecule has 1 saturated carbocycles. The Bertz CT molecular complexity index is 409. The molecule has 18 heavy (non-hydrogen) atoms. The van der Waals surface area contributed by atoms with Crippen LogP contribution in [-0.4, -0.2) is 23.2 Å². The van der Waals surface area contributed by atoms with Gasteiger partial charge >= 0.3 is 0 Å². The maximum absolute atomic E-state index is 11.8. The van der Waals surface area contributed by atoms with E-state index < -0.39 is 0 Å². The third-order valence-corrected chi connectivity index (χ3v) is 5.16. The molecule has 1 aliphatic rings. The predicted octanol–water partition coefficient (Wildman–Crippen LogP) is 2.86. The first-order chi connectivity index (χ1) is 8.63. The number of aryl methyl sites for hydroxylation is 1. The van der Waals surface area contributed by atoms with Crippen LogP contribution in [0.1, 0.15) is 37.0 Å². The summed E-state index contributed by atoms with van der Waals surface area (Å²) in [6, 6.07) is 4.13. The SMILES string of the molecule is O=C(CCCc1ccc(Br)s1)NC1(CO)CCC1. The number of amides is 1. The lowest BCUT2D eigenvalue weighted by Gasteiger charge is -2.41. The molecule has 0 unspecified atom stereocenters. The monoisotopic (exact) mass is 331 g/mol. The third kappa shape index (κ3) is 3.56. The Morgan fingerprint density at radius 1 is 1.50 bits per heavy atom. The average Bonchev–Trinajstić information content (AvgIpc) is 2.70. The van der Waals surface area contributed by atoms with Crippen molar-refractivity contribution in [1.82, 2.24) is 5.32 Å². The van der Waals surface area contributed by atoms with Crippen LogP contribution in [0.3, 0.4) is 0 Å². The van der Waals surface area contributed by atoms with Gasteiger partial charge in [0.25, 0.3) is 0 Å². The fourth-order valence-corrected chi connectivity index (χ4v) is 3.72. The molecule has 0 bridgehead atoms. The minimum atomic E-state index is -0.303. The number of hydrogen-bond acceptors (Lipinski definition) is 3. The van der Waals surface area contributed by atoms with Crippen LogP contribution in [-0.2, 0) is 11.2 Å². The number of carbonyl (C=O) groups excluding carboxylic acids is 1. The molecular weight excluding hydrogens is 314 g/mol. The lowest BCUT2D eigenvalue weighted by atomic mass is 9.77. The summed E-state index contributed by atoms with van der Waals surface area (Å²) in [6.45, 7) is 0.0661. The summed E-state index contributed by atoms with van der Waals surface area (Å²) in [4.78, 5) is 13.1. The van der Waals surface area contributed by atoms with Crippen LogP contribution in [0.25, 0.3) is 0 Å². The largest absolute Gasteiger partial charge is 0.394 e. The summed E-state index contributed by atoms with van der Waals surface area (Å²) < 4.78 is 1.13. The van der Waals surface area contributed by atoms with Gasteiger partial charge in [-0.2, -0.15) is 0 Å². The molecule has 0 atom stereocenters. The maximum Gasteiger partial charge on any atom is 0.220 e. The molecule has 2 N–H and O–H groups in total. The van der Waals surface area contributed by atoms with Gasteiger partial charge in [-0.3, -0.25) is 4.79 Å². The summed E-state index contributed by atoms with van der Waals surface area (Å²) in [5.41, 5.74) is -0.303. The zero-order chi connectivity index (χ0) is 13.0. The van der Waals surface area contributed by atoms with Crippen molar-refractivity contribution in [2.45, 2.75) is 44.1 Å². The number of rotatable bonds is 6. The number of aliphatic hydroxyl groups is 1. The van der Waals surface area contributed by atoms with Crippen LogP contribution >= 0.6 is 27.3 Å². The average molecular weight is 332 g/mol. The van der Waals surface area contributed by atoms with Gasteiger partial charge in [-0.15, -0.1) is 11.3 Å². The van der Waals surface area contributed by atoms with E-state index in [0.29, 0.717) is 6.42 Å². The van der Waals surface area contributed by atoms with Crippen molar-refractivity contribution in [1.29, 1.82) is 0 Å². The first-order valence-corrected chi connectivity index (χ1v) is 7.91. The van der Waals surface area contributed by atoms with E-state index in [9.17, 15) is 9.90 Å². The van der Waals surface area contributed by atoms with Crippen molar-refractivity contribution in [3.63, 3.8) is 0 Å². The van der Waals surface area contributed by atoms with E-state index in [0.717, 1.165) is 35.9 Å². The molecule has 0 spiro atoms. The van der Waals surface area contributed by atoms with Crippen molar-refractivity contribution < 1.29 is 9.90 Å². The lowest BCUT2D eigenvalue weighted by Crippen LogP contribution is -2.56. The topological polar surface area (TPSA) is 49.3 Å². The van der Waals surface area contributed by atoms with E-state index >= 15 is 0 Å². The molecule has 0 aliphatic heterocycles. The van der Waals surface area contributed by atoms with Crippen LogP contribution < -0.4 is 5.32 Å². The van der Waals surface area contributed by atoms with Crippen molar-refractivity contribution in [2.24, 2.45) is 0 Å².